The highest BCUT2D eigenvalue weighted by Crippen LogP contribution is 2.42. The van der Waals surface area contributed by atoms with Gasteiger partial charge in [0.15, 0.2) is 5.82 Å². The number of aryl methyl sites for hydroxylation is 1. The second kappa shape index (κ2) is 6.35. The molecule has 2 fully saturated rings. The van der Waals surface area contributed by atoms with Crippen molar-refractivity contribution in [1.29, 1.82) is 0 Å². The smallest absolute Gasteiger partial charge is 0.313 e. The Labute approximate surface area is 158 Å². The first kappa shape index (κ1) is 16.8. The Kier molecular flexibility index (Phi) is 3.94. The number of carbonyl (C=O) groups excluding carboxylic acids is 1. The topological polar surface area (TPSA) is 80.9 Å². The summed E-state index contributed by atoms with van der Waals surface area (Å²) in [5.41, 5.74) is 1.86. The second-order valence-electron chi connectivity index (χ2n) is 8.22. The lowest BCUT2D eigenvalue weighted by atomic mass is 10.1. The predicted molar refractivity (Wildman–Crippen MR) is 101 cm³/mol. The van der Waals surface area contributed by atoms with Gasteiger partial charge in [0, 0.05) is 38.2 Å². The van der Waals surface area contributed by atoms with Gasteiger partial charge in [0.1, 0.15) is 5.82 Å². The summed E-state index contributed by atoms with van der Waals surface area (Å²) in [5.74, 6) is 3.07. The standard InChI is InChI=1S/C19H27N7O/c1-12-17-21-22-18(14-5-3-4-6-14)26(17)10-9-25(12)19(27)20-15-11-24(2)23-16(15)13-7-8-13/h11-14H,3-10H2,1-2H3,(H,20,27). The van der Waals surface area contributed by atoms with Crippen LogP contribution in [0.15, 0.2) is 6.20 Å². The van der Waals surface area contributed by atoms with Gasteiger partial charge in [-0.3, -0.25) is 4.68 Å². The van der Waals surface area contributed by atoms with E-state index >= 15 is 0 Å². The summed E-state index contributed by atoms with van der Waals surface area (Å²) in [6.45, 7) is 3.49. The zero-order valence-corrected chi connectivity index (χ0v) is 16.1. The Hall–Kier alpha value is -2.38. The molecule has 1 N–H and O–H groups in total. The van der Waals surface area contributed by atoms with Gasteiger partial charge in [-0.15, -0.1) is 10.2 Å². The average Bonchev–Trinajstić information content (AvgIpc) is 3.05. The Morgan fingerprint density at radius 3 is 2.56 bits per heavy atom. The lowest BCUT2D eigenvalue weighted by Gasteiger charge is -2.34. The maximum atomic E-state index is 13.0. The van der Waals surface area contributed by atoms with Crippen LogP contribution in [0, 0.1) is 0 Å². The van der Waals surface area contributed by atoms with Crippen molar-refractivity contribution < 1.29 is 4.79 Å². The third-order valence-electron chi connectivity index (χ3n) is 6.26. The van der Waals surface area contributed by atoms with Crippen LogP contribution in [0.3, 0.4) is 0 Å². The van der Waals surface area contributed by atoms with Crippen LogP contribution in [0.2, 0.25) is 0 Å². The molecule has 0 spiro atoms. The number of urea groups is 1. The van der Waals surface area contributed by atoms with E-state index in [1.807, 2.05) is 25.1 Å². The molecule has 3 aliphatic rings. The van der Waals surface area contributed by atoms with E-state index < -0.39 is 0 Å². The Morgan fingerprint density at radius 1 is 1.07 bits per heavy atom. The van der Waals surface area contributed by atoms with E-state index in [-0.39, 0.29) is 12.1 Å². The lowest BCUT2D eigenvalue weighted by molar-refractivity contribution is 0.171. The van der Waals surface area contributed by atoms with Crippen molar-refractivity contribution in [3.8, 4) is 0 Å². The van der Waals surface area contributed by atoms with Gasteiger partial charge < -0.3 is 14.8 Å². The molecule has 27 heavy (non-hydrogen) atoms. The molecule has 144 valence electrons. The van der Waals surface area contributed by atoms with Crippen molar-refractivity contribution in [2.75, 3.05) is 11.9 Å². The van der Waals surface area contributed by atoms with Crippen LogP contribution < -0.4 is 5.32 Å². The molecular formula is C19H27N7O. The van der Waals surface area contributed by atoms with Crippen LogP contribution in [0.25, 0.3) is 0 Å². The zero-order valence-electron chi connectivity index (χ0n) is 16.1. The molecule has 2 amide bonds. The Balaban J connectivity index is 1.34. The van der Waals surface area contributed by atoms with Gasteiger partial charge in [0.05, 0.1) is 17.4 Å². The maximum Gasteiger partial charge on any atom is 0.322 e. The van der Waals surface area contributed by atoms with E-state index in [9.17, 15) is 4.79 Å². The van der Waals surface area contributed by atoms with Gasteiger partial charge >= 0.3 is 6.03 Å². The van der Waals surface area contributed by atoms with Crippen molar-refractivity contribution in [2.45, 2.75) is 69.9 Å². The zero-order chi connectivity index (χ0) is 18.5. The number of amides is 2. The molecule has 2 aromatic rings. The normalized spacial score (nSPS) is 22.9. The highest BCUT2D eigenvalue weighted by Gasteiger charge is 2.35. The molecular weight excluding hydrogens is 342 g/mol. The Morgan fingerprint density at radius 2 is 1.81 bits per heavy atom. The third-order valence-corrected chi connectivity index (χ3v) is 6.26. The molecule has 1 aliphatic heterocycles. The minimum absolute atomic E-state index is 0.0749. The van der Waals surface area contributed by atoms with Crippen LogP contribution >= 0.6 is 0 Å². The van der Waals surface area contributed by atoms with Crippen molar-refractivity contribution in [1.82, 2.24) is 29.4 Å². The van der Waals surface area contributed by atoms with E-state index in [1.165, 1.54) is 25.7 Å². The first-order valence-corrected chi connectivity index (χ1v) is 10.2. The van der Waals surface area contributed by atoms with E-state index in [4.69, 9.17) is 0 Å². The lowest BCUT2D eigenvalue weighted by Crippen LogP contribution is -2.43. The number of hydrogen-bond donors (Lipinski definition) is 1. The average molecular weight is 369 g/mol. The van der Waals surface area contributed by atoms with E-state index in [1.54, 1.807) is 4.68 Å². The molecule has 8 heteroatoms. The summed E-state index contributed by atoms with van der Waals surface area (Å²) in [6, 6.07) is -0.156. The van der Waals surface area contributed by atoms with Crippen LogP contribution in [0.4, 0.5) is 10.5 Å². The van der Waals surface area contributed by atoms with Gasteiger partial charge in [-0.2, -0.15) is 5.10 Å². The number of nitrogens with zero attached hydrogens (tertiary/aromatic N) is 6. The number of fused-ring (bicyclic) bond motifs is 1. The Bertz CT molecular complexity index is 860. The molecule has 8 nitrogen and oxygen atoms in total. The van der Waals surface area contributed by atoms with Crippen LogP contribution in [0.5, 0.6) is 0 Å². The summed E-state index contributed by atoms with van der Waals surface area (Å²) in [6.07, 6.45) is 9.21. The highest BCUT2D eigenvalue weighted by molar-refractivity contribution is 5.90. The summed E-state index contributed by atoms with van der Waals surface area (Å²) < 4.78 is 4.04. The molecule has 0 bridgehead atoms. The monoisotopic (exact) mass is 369 g/mol. The molecule has 1 atom stereocenters. The quantitative estimate of drug-likeness (QED) is 0.901. The molecule has 2 aliphatic carbocycles. The number of hydrogen-bond acceptors (Lipinski definition) is 4. The molecule has 5 rings (SSSR count). The SMILES string of the molecule is CC1c2nnc(C3CCCC3)n2CCN1C(=O)Nc1cn(C)nc1C1CC1. The van der Waals surface area contributed by atoms with Crippen LogP contribution in [-0.2, 0) is 13.6 Å². The summed E-state index contributed by atoms with van der Waals surface area (Å²) >= 11 is 0. The predicted octanol–water partition coefficient (Wildman–Crippen LogP) is 3.16. The van der Waals surface area contributed by atoms with E-state index in [2.05, 4.69) is 25.2 Å². The van der Waals surface area contributed by atoms with Gasteiger partial charge in [0.25, 0.3) is 0 Å². The summed E-state index contributed by atoms with van der Waals surface area (Å²) in [4.78, 5) is 14.8. The van der Waals surface area contributed by atoms with Crippen LogP contribution in [0.1, 0.15) is 80.7 Å². The molecule has 3 heterocycles. The third kappa shape index (κ3) is 2.91. The molecule has 2 aromatic heterocycles. The van der Waals surface area contributed by atoms with E-state index in [0.29, 0.717) is 18.4 Å². The van der Waals surface area contributed by atoms with Gasteiger partial charge in [-0.25, -0.2) is 4.79 Å². The van der Waals surface area contributed by atoms with Gasteiger partial charge in [0.2, 0.25) is 0 Å². The van der Waals surface area contributed by atoms with E-state index in [0.717, 1.165) is 42.4 Å². The first-order chi connectivity index (χ1) is 13.1. The minimum atomic E-state index is -0.0811. The van der Waals surface area contributed by atoms with Crippen LogP contribution in [-0.4, -0.2) is 42.0 Å². The van der Waals surface area contributed by atoms with Crippen molar-refractivity contribution >= 4 is 11.7 Å². The molecule has 0 saturated heterocycles. The van der Waals surface area contributed by atoms with Gasteiger partial charge in [-0.05, 0) is 32.6 Å². The second-order valence-corrected chi connectivity index (χ2v) is 8.22. The van der Waals surface area contributed by atoms with Gasteiger partial charge in [-0.1, -0.05) is 12.8 Å². The number of rotatable bonds is 3. The largest absolute Gasteiger partial charge is 0.322 e. The fourth-order valence-corrected chi connectivity index (χ4v) is 4.62. The number of carbonyl (C=O) groups is 1. The molecule has 2 saturated carbocycles. The molecule has 0 aromatic carbocycles. The molecule has 0 radical (unpaired) electrons. The first-order valence-electron chi connectivity index (χ1n) is 10.2. The fourth-order valence-electron chi connectivity index (χ4n) is 4.62. The highest BCUT2D eigenvalue weighted by atomic mass is 16.2. The van der Waals surface area contributed by atoms with Crippen molar-refractivity contribution in [3.63, 3.8) is 0 Å². The minimum Gasteiger partial charge on any atom is -0.313 e. The fraction of sp³-hybridized carbons (Fsp3) is 0.684. The summed E-state index contributed by atoms with van der Waals surface area (Å²) in [7, 11) is 1.90. The van der Waals surface area contributed by atoms with Crippen molar-refractivity contribution in [2.24, 2.45) is 7.05 Å². The maximum absolute atomic E-state index is 13.0. The number of aromatic nitrogens is 5. The molecule has 1 unspecified atom stereocenters. The summed E-state index contributed by atoms with van der Waals surface area (Å²) in [5, 5.41) is 16.6. The number of nitrogens with one attached hydrogen (secondary N) is 1. The van der Waals surface area contributed by atoms with Crippen molar-refractivity contribution in [3.05, 3.63) is 23.5 Å². The number of anilines is 1.